The SMILES string of the molecule is COc1ccc(CC(=O)c2csc3cnc(N[C@H]4CCCC[C@H]4N)nc23)c(OC)c1. The van der Waals surface area contributed by atoms with Crippen molar-refractivity contribution >= 4 is 33.3 Å². The van der Waals surface area contributed by atoms with E-state index in [1.54, 1.807) is 26.5 Å². The summed E-state index contributed by atoms with van der Waals surface area (Å²) in [7, 11) is 3.19. The maximum absolute atomic E-state index is 13.1. The Morgan fingerprint density at radius 1 is 1.27 bits per heavy atom. The van der Waals surface area contributed by atoms with Crippen molar-refractivity contribution < 1.29 is 14.3 Å². The summed E-state index contributed by atoms with van der Waals surface area (Å²) >= 11 is 1.47. The summed E-state index contributed by atoms with van der Waals surface area (Å²) in [4.78, 5) is 22.2. The number of nitrogens with one attached hydrogen (secondary N) is 1. The molecule has 0 saturated heterocycles. The van der Waals surface area contributed by atoms with Gasteiger partial charge in [0.1, 0.15) is 11.5 Å². The number of benzene rings is 1. The zero-order valence-corrected chi connectivity index (χ0v) is 18.0. The highest BCUT2D eigenvalue weighted by Crippen LogP contribution is 2.29. The van der Waals surface area contributed by atoms with E-state index in [0.29, 0.717) is 28.5 Å². The predicted octanol–water partition coefficient (Wildman–Crippen LogP) is 3.82. The number of fused-ring (bicyclic) bond motifs is 1. The molecule has 0 unspecified atom stereocenters. The summed E-state index contributed by atoms with van der Waals surface area (Å²) < 4.78 is 11.6. The number of methoxy groups -OCH3 is 2. The molecule has 158 valence electrons. The average Bonchev–Trinajstić information content (AvgIpc) is 3.19. The summed E-state index contributed by atoms with van der Waals surface area (Å²) in [5, 5.41) is 5.23. The number of nitrogens with two attached hydrogens (primary N) is 1. The molecule has 0 spiro atoms. The van der Waals surface area contributed by atoms with Crippen molar-refractivity contribution in [1.82, 2.24) is 9.97 Å². The van der Waals surface area contributed by atoms with Gasteiger partial charge < -0.3 is 20.5 Å². The molecule has 1 aliphatic carbocycles. The van der Waals surface area contributed by atoms with Gasteiger partial charge in [0, 0.05) is 35.5 Å². The minimum atomic E-state index is -0.0104. The van der Waals surface area contributed by atoms with Gasteiger partial charge in [-0.3, -0.25) is 4.79 Å². The average molecular weight is 427 g/mol. The van der Waals surface area contributed by atoms with Crippen molar-refractivity contribution in [3.63, 3.8) is 0 Å². The molecular formula is C22H26N4O3S. The van der Waals surface area contributed by atoms with Crippen LogP contribution in [0.2, 0.25) is 0 Å². The second-order valence-electron chi connectivity index (χ2n) is 7.53. The number of carbonyl (C=O) groups excluding carboxylic acids is 1. The molecule has 0 aliphatic heterocycles. The van der Waals surface area contributed by atoms with E-state index < -0.39 is 0 Å². The number of hydrogen-bond donors (Lipinski definition) is 2. The third-order valence-electron chi connectivity index (χ3n) is 5.59. The van der Waals surface area contributed by atoms with Gasteiger partial charge in [-0.05, 0) is 18.9 Å². The Kier molecular flexibility index (Phi) is 6.15. The smallest absolute Gasteiger partial charge is 0.223 e. The molecule has 30 heavy (non-hydrogen) atoms. The van der Waals surface area contributed by atoms with Crippen molar-refractivity contribution in [2.75, 3.05) is 19.5 Å². The zero-order chi connectivity index (χ0) is 21.1. The van der Waals surface area contributed by atoms with Crippen LogP contribution in [0.3, 0.4) is 0 Å². The molecule has 4 rings (SSSR count). The van der Waals surface area contributed by atoms with Crippen LogP contribution in [-0.2, 0) is 6.42 Å². The van der Waals surface area contributed by atoms with Crippen LogP contribution in [-0.4, -0.2) is 42.1 Å². The number of carbonyl (C=O) groups is 1. The highest BCUT2D eigenvalue weighted by Gasteiger charge is 2.23. The maximum atomic E-state index is 13.1. The first kappa shape index (κ1) is 20.6. The molecule has 0 amide bonds. The van der Waals surface area contributed by atoms with Crippen LogP contribution >= 0.6 is 11.3 Å². The summed E-state index contributed by atoms with van der Waals surface area (Å²) in [5.74, 6) is 1.84. The van der Waals surface area contributed by atoms with Crippen LogP contribution in [0, 0.1) is 0 Å². The Balaban J connectivity index is 1.57. The van der Waals surface area contributed by atoms with Gasteiger partial charge in [-0.2, -0.15) is 0 Å². The Hall–Kier alpha value is -2.71. The van der Waals surface area contributed by atoms with Gasteiger partial charge in [0.2, 0.25) is 5.95 Å². The molecule has 7 nitrogen and oxygen atoms in total. The molecule has 1 fully saturated rings. The largest absolute Gasteiger partial charge is 0.497 e. The third-order valence-corrected chi connectivity index (χ3v) is 6.50. The Morgan fingerprint density at radius 3 is 2.87 bits per heavy atom. The minimum Gasteiger partial charge on any atom is -0.497 e. The summed E-state index contributed by atoms with van der Waals surface area (Å²) in [6.07, 6.45) is 6.32. The normalized spacial score (nSPS) is 18.9. The van der Waals surface area contributed by atoms with Crippen LogP contribution in [0.15, 0.2) is 29.8 Å². The molecule has 2 atom stereocenters. The van der Waals surface area contributed by atoms with Gasteiger partial charge in [-0.1, -0.05) is 18.9 Å². The first-order chi connectivity index (χ1) is 14.6. The minimum absolute atomic E-state index is 0.0104. The molecule has 2 heterocycles. The molecule has 1 aliphatic rings. The number of nitrogens with zero attached hydrogens (tertiary/aromatic N) is 2. The highest BCUT2D eigenvalue weighted by molar-refractivity contribution is 7.17. The fourth-order valence-electron chi connectivity index (χ4n) is 3.87. The number of aromatic nitrogens is 2. The van der Waals surface area contributed by atoms with Crippen LogP contribution < -0.4 is 20.5 Å². The van der Waals surface area contributed by atoms with Crippen LogP contribution in [0.4, 0.5) is 5.95 Å². The fraction of sp³-hybridized carbons (Fsp3) is 0.409. The summed E-state index contributed by atoms with van der Waals surface area (Å²) in [6, 6.07) is 5.73. The van der Waals surface area contributed by atoms with E-state index in [2.05, 4.69) is 15.3 Å². The lowest BCUT2D eigenvalue weighted by Crippen LogP contribution is -2.42. The molecule has 1 aromatic carbocycles. The number of thiophene rings is 1. The van der Waals surface area contributed by atoms with Crippen molar-refractivity contribution in [1.29, 1.82) is 0 Å². The molecule has 1 saturated carbocycles. The standard InChI is InChI=1S/C22H26N4O3S/c1-28-14-8-7-13(19(10-14)29-2)9-18(27)15-12-30-20-11-24-22(26-21(15)20)25-17-6-4-3-5-16(17)23/h7-8,10-12,16-17H,3-6,9,23H2,1-2H3,(H,24,25,26)/t16-,17+/m1/s1. The lowest BCUT2D eigenvalue weighted by Gasteiger charge is -2.29. The van der Waals surface area contributed by atoms with Crippen molar-refractivity contribution in [3.05, 3.63) is 40.9 Å². The number of anilines is 1. The molecule has 3 N–H and O–H groups in total. The number of ether oxygens (including phenoxy) is 2. The Morgan fingerprint density at radius 2 is 2.10 bits per heavy atom. The highest BCUT2D eigenvalue weighted by atomic mass is 32.1. The van der Waals surface area contributed by atoms with E-state index in [0.717, 1.165) is 35.9 Å². The monoisotopic (exact) mass is 426 g/mol. The number of Topliss-reactive ketones (excluding diaryl/α,β-unsaturated/α-hetero) is 1. The first-order valence-electron chi connectivity index (χ1n) is 10.1. The molecule has 3 aromatic rings. The number of ketones is 1. The summed E-state index contributed by atoms with van der Waals surface area (Å²) in [5.41, 5.74) is 8.33. The van der Waals surface area contributed by atoms with Gasteiger partial charge in [0.25, 0.3) is 0 Å². The molecule has 0 bridgehead atoms. The first-order valence-corrected chi connectivity index (χ1v) is 11.0. The van der Waals surface area contributed by atoms with E-state index in [1.807, 2.05) is 17.5 Å². The Bertz CT molecular complexity index is 1050. The second-order valence-corrected chi connectivity index (χ2v) is 8.44. The van der Waals surface area contributed by atoms with E-state index in [1.165, 1.54) is 11.3 Å². The van der Waals surface area contributed by atoms with Gasteiger partial charge in [0.05, 0.1) is 36.2 Å². The molecule has 2 aromatic heterocycles. The lowest BCUT2D eigenvalue weighted by molar-refractivity contribution is 0.0994. The Labute approximate surface area is 179 Å². The zero-order valence-electron chi connectivity index (χ0n) is 17.2. The third kappa shape index (κ3) is 4.24. The van der Waals surface area contributed by atoms with Crippen molar-refractivity contribution in [2.24, 2.45) is 5.73 Å². The molecular weight excluding hydrogens is 400 g/mol. The van der Waals surface area contributed by atoms with E-state index in [-0.39, 0.29) is 24.3 Å². The predicted molar refractivity (Wildman–Crippen MR) is 119 cm³/mol. The quantitative estimate of drug-likeness (QED) is 0.554. The summed E-state index contributed by atoms with van der Waals surface area (Å²) in [6.45, 7) is 0. The number of rotatable bonds is 7. The fourth-order valence-corrected chi connectivity index (χ4v) is 4.73. The van der Waals surface area contributed by atoms with E-state index in [9.17, 15) is 4.79 Å². The number of hydrogen-bond acceptors (Lipinski definition) is 8. The van der Waals surface area contributed by atoms with Crippen molar-refractivity contribution in [3.8, 4) is 11.5 Å². The topological polar surface area (TPSA) is 99.4 Å². The van der Waals surface area contributed by atoms with E-state index in [4.69, 9.17) is 15.2 Å². The van der Waals surface area contributed by atoms with Crippen LogP contribution in [0.1, 0.15) is 41.6 Å². The maximum Gasteiger partial charge on any atom is 0.223 e. The molecule has 8 heteroatoms. The van der Waals surface area contributed by atoms with Gasteiger partial charge in [0.15, 0.2) is 5.78 Å². The molecule has 0 radical (unpaired) electrons. The lowest BCUT2D eigenvalue weighted by atomic mass is 9.91. The second kappa shape index (κ2) is 8.97. The van der Waals surface area contributed by atoms with Crippen LogP contribution in [0.25, 0.3) is 10.2 Å². The van der Waals surface area contributed by atoms with Crippen molar-refractivity contribution in [2.45, 2.75) is 44.2 Å². The van der Waals surface area contributed by atoms with Crippen LogP contribution in [0.5, 0.6) is 11.5 Å². The van der Waals surface area contributed by atoms with Gasteiger partial charge >= 0.3 is 0 Å². The van der Waals surface area contributed by atoms with Gasteiger partial charge in [-0.15, -0.1) is 11.3 Å². The van der Waals surface area contributed by atoms with E-state index >= 15 is 0 Å². The van der Waals surface area contributed by atoms with Gasteiger partial charge in [-0.25, -0.2) is 9.97 Å².